The lowest BCUT2D eigenvalue weighted by Gasteiger charge is -2.33. The third-order valence-corrected chi connectivity index (χ3v) is 3.84. The minimum Gasteiger partial charge on any atom is -0.488 e. The fourth-order valence-corrected chi connectivity index (χ4v) is 2.72. The summed E-state index contributed by atoms with van der Waals surface area (Å²) in [6.45, 7) is 7.17. The quantitative estimate of drug-likeness (QED) is 0.852. The first kappa shape index (κ1) is 16.3. The van der Waals surface area contributed by atoms with Crippen LogP contribution in [0.4, 0.5) is 0 Å². The number of likely N-dealkylation sites (tertiary alicyclic amines) is 1. The molecule has 1 aliphatic heterocycles. The molecule has 1 aromatic carbocycles. The molecule has 0 saturated carbocycles. The highest BCUT2D eigenvalue weighted by Gasteiger charge is 2.29. The van der Waals surface area contributed by atoms with E-state index < -0.39 is 11.9 Å². The van der Waals surface area contributed by atoms with Crippen LogP contribution in [0.2, 0.25) is 0 Å². The van der Waals surface area contributed by atoms with Crippen LogP contribution in [0.15, 0.2) is 24.3 Å². The predicted octanol–water partition coefficient (Wildman–Crippen LogP) is 2.44. The second-order valence-corrected chi connectivity index (χ2v) is 6.68. The molecule has 2 rings (SSSR count). The van der Waals surface area contributed by atoms with Crippen molar-refractivity contribution in [3.63, 3.8) is 0 Å². The van der Waals surface area contributed by atoms with Gasteiger partial charge in [0.25, 0.3) is 0 Å². The lowest BCUT2D eigenvalue weighted by atomic mass is 9.86. The Balaban J connectivity index is 2.11. The van der Waals surface area contributed by atoms with Gasteiger partial charge in [0.1, 0.15) is 11.9 Å². The molecular weight excluding hydrogens is 282 g/mol. The third kappa shape index (κ3) is 3.78. The summed E-state index contributed by atoms with van der Waals surface area (Å²) in [7, 11) is 0. The van der Waals surface area contributed by atoms with Gasteiger partial charge in [-0.25, -0.2) is 4.79 Å². The van der Waals surface area contributed by atoms with Crippen LogP contribution in [-0.4, -0.2) is 41.1 Å². The van der Waals surface area contributed by atoms with Gasteiger partial charge in [0.05, 0.1) is 6.54 Å². The zero-order valence-electron chi connectivity index (χ0n) is 13.3. The maximum absolute atomic E-state index is 11.6. The molecule has 1 aliphatic rings. The van der Waals surface area contributed by atoms with Crippen molar-refractivity contribution in [2.75, 3.05) is 13.1 Å². The van der Waals surface area contributed by atoms with Gasteiger partial charge in [0, 0.05) is 6.54 Å². The standard InChI is InChI=1S/C17H23NO4/c1-17(2,3)13-8-4-5-9-14(13)22-12-7-6-10-18(11-12)15(19)16(20)21/h4-5,8-9,12H,6-7,10-11H2,1-3H3,(H,20,21). The Kier molecular flexibility index (Phi) is 4.74. The summed E-state index contributed by atoms with van der Waals surface area (Å²) in [5.74, 6) is -1.45. The van der Waals surface area contributed by atoms with Crippen molar-refractivity contribution in [1.29, 1.82) is 0 Å². The average Bonchev–Trinajstić information content (AvgIpc) is 2.46. The van der Waals surface area contributed by atoms with Crippen LogP contribution in [0.1, 0.15) is 39.2 Å². The minimum absolute atomic E-state index is 0.0399. The van der Waals surface area contributed by atoms with E-state index >= 15 is 0 Å². The van der Waals surface area contributed by atoms with Gasteiger partial charge in [-0.1, -0.05) is 39.0 Å². The normalized spacial score (nSPS) is 18.9. The molecule has 1 aromatic rings. The maximum atomic E-state index is 11.6. The Morgan fingerprint density at radius 3 is 2.59 bits per heavy atom. The van der Waals surface area contributed by atoms with Crippen molar-refractivity contribution in [1.82, 2.24) is 4.90 Å². The molecule has 1 heterocycles. The van der Waals surface area contributed by atoms with Gasteiger partial charge in [-0.3, -0.25) is 4.79 Å². The molecule has 5 nitrogen and oxygen atoms in total. The Hall–Kier alpha value is -2.04. The van der Waals surface area contributed by atoms with Gasteiger partial charge in [-0.2, -0.15) is 0 Å². The van der Waals surface area contributed by atoms with E-state index in [-0.39, 0.29) is 11.5 Å². The first-order chi connectivity index (χ1) is 10.3. The number of para-hydroxylation sites is 1. The van der Waals surface area contributed by atoms with Crippen LogP contribution < -0.4 is 4.74 Å². The highest BCUT2D eigenvalue weighted by atomic mass is 16.5. The first-order valence-electron chi connectivity index (χ1n) is 7.57. The molecule has 120 valence electrons. The molecular formula is C17H23NO4. The molecule has 5 heteroatoms. The van der Waals surface area contributed by atoms with E-state index in [1.807, 2.05) is 24.3 Å². The van der Waals surface area contributed by atoms with Gasteiger partial charge in [-0.15, -0.1) is 0 Å². The number of rotatable bonds is 2. The van der Waals surface area contributed by atoms with E-state index in [4.69, 9.17) is 9.84 Å². The summed E-state index contributed by atoms with van der Waals surface area (Å²) >= 11 is 0. The van der Waals surface area contributed by atoms with Gasteiger partial charge in [-0.05, 0) is 29.9 Å². The number of nitrogens with zero attached hydrogens (tertiary/aromatic N) is 1. The smallest absolute Gasteiger partial charge is 0.394 e. The highest BCUT2D eigenvalue weighted by molar-refractivity contribution is 6.31. The topological polar surface area (TPSA) is 66.8 Å². The lowest BCUT2D eigenvalue weighted by molar-refractivity contribution is -0.157. The number of hydrogen-bond acceptors (Lipinski definition) is 3. The van der Waals surface area contributed by atoms with Crippen LogP contribution in [0, 0.1) is 0 Å². The number of benzene rings is 1. The number of aliphatic carboxylic acids is 1. The molecule has 1 atom stereocenters. The molecule has 0 bridgehead atoms. The fourth-order valence-electron chi connectivity index (χ4n) is 2.72. The van der Waals surface area contributed by atoms with E-state index in [0.717, 1.165) is 24.2 Å². The van der Waals surface area contributed by atoms with E-state index in [1.54, 1.807) is 0 Å². The van der Waals surface area contributed by atoms with E-state index in [0.29, 0.717) is 13.1 Å². The average molecular weight is 305 g/mol. The molecule has 1 fully saturated rings. The largest absolute Gasteiger partial charge is 0.488 e. The Labute approximate surface area is 130 Å². The molecule has 0 radical (unpaired) electrons. The number of hydrogen-bond donors (Lipinski definition) is 1. The second-order valence-electron chi connectivity index (χ2n) is 6.68. The van der Waals surface area contributed by atoms with Crippen LogP contribution in [0.25, 0.3) is 0 Å². The maximum Gasteiger partial charge on any atom is 0.394 e. The van der Waals surface area contributed by atoms with Crippen molar-refractivity contribution in [3.05, 3.63) is 29.8 Å². The Bertz CT molecular complexity index is 562. The summed E-state index contributed by atoms with van der Waals surface area (Å²) in [5, 5.41) is 8.83. The second kappa shape index (κ2) is 6.38. The SMILES string of the molecule is CC(C)(C)c1ccccc1OC1CCCN(C(=O)C(=O)O)C1. The number of carboxylic acid groups (broad SMARTS) is 1. The van der Waals surface area contributed by atoms with Crippen molar-refractivity contribution in [3.8, 4) is 5.75 Å². The van der Waals surface area contributed by atoms with E-state index in [9.17, 15) is 9.59 Å². The number of amides is 1. The zero-order chi connectivity index (χ0) is 16.3. The Morgan fingerprint density at radius 2 is 1.95 bits per heavy atom. The molecule has 1 amide bonds. The third-order valence-electron chi connectivity index (χ3n) is 3.84. The Morgan fingerprint density at radius 1 is 1.27 bits per heavy atom. The van der Waals surface area contributed by atoms with Gasteiger partial charge in [0.2, 0.25) is 0 Å². The summed E-state index contributed by atoms with van der Waals surface area (Å²) in [6.07, 6.45) is 1.41. The summed E-state index contributed by atoms with van der Waals surface area (Å²) in [5.41, 5.74) is 1.07. The molecule has 0 spiro atoms. The molecule has 0 aromatic heterocycles. The van der Waals surface area contributed by atoms with Crippen molar-refractivity contribution < 1.29 is 19.4 Å². The van der Waals surface area contributed by atoms with Gasteiger partial charge >= 0.3 is 11.9 Å². The summed E-state index contributed by atoms with van der Waals surface area (Å²) in [6, 6.07) is 7.87. The minimum atomic E-state index is -1.41. The van der Waals surface area contributed by atoms with Crippen molar-refractivity contribution >= 4 is 11.9 Å². The predicted molar refractivity (Wildman–Crippen MR) is 83.0 cm³/mol. The van der Waals surface area contributed by atoms with Crippen LogP contribution in [-0.2, 0) is 15.0 Å². The molecule has 1 N–H and O–H groups in total. The zero-order valence-corrected chi connectivity index (χ0v) is 13.3. The molecule has 0 aliphatic carbocycles. The number of ether oxygens (including phenoxy) is 1. The molecule has 1 saturated heterocycles. The van der Waals surface area contributed by atoms with Gasteiger partial charge < -0.3 is 14.7 Å². The van der Waals surface area contributed by atoms with Crippen molar-refractivity contribution in [2.24, 2.45) is 0 Å². The lowest BCUT2D eigenvalue weighted by Crippen LogP contribution is -2.47. The van der Waals surface area contributed by atoms with Crippen LogP contribution >= 0.6 is 0 Å². The number of piperidine rings is 1. The summed E-state index contributed by atoms with van der Waals surface area (Å²) in [4.78, 5) is 23.8. The van der Waals surface area contributed by atoms with Crippen LogP contribution in [0.5, 0.6) is 5.75 Å². The number of carbonyl (C=O) groups excluding carboxylic acids is 1. The monoisotopic (exact) mass is 305 g/mol. The number of carbonyl (C=O) groups is 2. The highest BCUT2D eigenvalue weighted by Crippen LogP contribution is 2.32. The molecule has 22 heavy (non-hydrogen) atoms. The van der Waals surface area contributed by atoms with Crippen molar-refractivity contribution in [2.45, 2.75) is 45.1 Å². The first-order valence-corrected chi connectivity index (χ1v) is 7.57. The fraction of sp³-hybridized carbons (Fsp3) is 0.529. The van der Waals surface area contributed by atoms with Crippen LogP contribution in [0.3, 0.4) is 0 Å². The number of carboxylic acids is 1. The van der Waals surface area contributed by atoms with E-state index in [1.165, 1.54) is 4.90 Å². The van der Waals surface area contributed by atoms with Gasteiger partial charge in [0.15, 0.2) is 0 Å². The molecule has 1 unspecified atom stereocenters. The van der Waals surface area contributed by atoms with E-state index in [2.05, 4.69) is 20.8 Å². The summed E-state index contributed by atoms with van der Waals surface area (Å²) < 4.78 is 6.09.